The predicted molar refractivity (Wildman–Crippen MR) is 55.4 cm³/mol. The Kier molecular flexibility index (Phi) is 3.50. The second-order valence-electron chi connectivity index (χ2n) is 3.09. The van der Waals surface area contributed by atoms with E-state index in [4.69, 9.17) is 11.6 Å². The van der Waals surface area contributed by atoms with E-state index in [2.05, 4.69) is 5.32 Å². The molecule has 0 fully saturated rings. The zero-order valence-corrected chi connectivity index (χ0v) is 9.13. The van der Waals surface area contributed by atoms with Gasteiger partial charge in [-0.15, -0.1) is 0 Å². The fourth-order valence-corrected chi connectivity index (χ4v) is 1.75. The Morgan fingerprint density at radius 1 is 1.33 bits per heavy atom. The first-order chi connectivity index (χ1) is 6.90. The molecule has 0 saturated heterocycles. The Balaban J connectivity index is 3.38. The van der Waals surface area contributed by atoms with Crippen LogP contribution in [0, 0.1) is 0 Å². The Labute approximate surface area is 91.2 Å². The summed E-state index contributed by atoms with van der Waals surface area (Å²) in [4.78, 5) is 0. The lowest BCUT2D eigenvalue weighted by atomic mass is 10.0. The standard InChI is InChI=1S/C10H11ClF3N/c1-3-6-4-7(15-2)5-8(11)9(6)10(12,13)14/h4-5,15H,3H2,1-2H3. The van der Waals surface area contributed by atoms with Crippen LogP contribution in [0.25, 0.3) is 0 Å². The van der Waals surface area contributed by atoms with Crippen molar-refractivity contribution in [3.05, 3.63) is 28.3 Å². The maximum Gasteiger partial charge on any atom is 0.418 e. The maximum absolute atomic E-state index is 12.6. The molecule has 15 heavy (non-hydrogen) atoms. The van der Waals surface area contributed by atoms with E-state index in [1.807, 2.05) is 0 Å². The van der Waals surface area contributed by atoms with Crippen LogP contribution in [-0.2, 0) is 12.6 Å². The molecular formula is C10H11ClF3N. The Morgan fingerprint density at radius 2 is 1.93 bits per heavy atom. The molecule has 0 bridgehead atoms. The van der Waals surface area contributed by atoms with Crippen LogP contribution in [0.4, 0.5) is 18.9 Å². The minimum Gasteiger partial charge on any atom is -0.388 e. The summed E-state index contributed by atoms with van der Waals surface area (Å²) in [6.45, 7) is 1.67. The fraction of sp³-hybridized carbons (Fsp3) is 0.400. The molecule has 1 aromatic rings. The number of aryl methyl sites for hydroxylation is 1. The van der Waals surface area contributed by atoms with Gasteiger partial charge in [-0.25, -0.2) is 0 Å². The normalized spacial score (nSPS) is 11.6. The molecule has 0 aliphatic heterocycles. The quantitative estimate of drug-likeness (QED) is 0.821. The second-order valence-corrected chi connectivity index (χ2v) is 3.50. The molecular weight excluding hydrogens is 227 g/mol. The number of hydrogen-bond donors (Lipinski definition) is 1. The van der Waals surface area contributed by atoms with Gasteiger partial charge >= 0.3 is 6.18 Å². The Bertz CT molecular complexity index is 360. The van der Waals surface area contributed by atoms with E-state index in [0.29, 0.717) is 12.1 Å². The molecule has 84 valence electrons. The molecule has 0 spiro atoms. The molecule has 5 heteroatoms. The summed E-state index contributed by atoms with van der Waals surface area (Å²) in [6, 6.07) is 2.75. The topological polar surface area (TPSA) is 12.0 Å². The van der Waals surface area contributed by atoms with Crippen molar-refractivity contribution < 1.29 is 13.2 Å². The third-order valence-electron chi connectivity index (χ3n) is 2.12. The summed E-state index contributed by atoms with van der Waals surface area (Å²) in [7, 11) is 1.64. The molecule has 0 aliphatic rings. The zero-order valence-electron chi connectivity index (χ0n) is 8.37. The lowest BCUT2D eigenvalue weighted by Gasteiger charge is -2.15. The van der Waals surface area contributed by atoms with E-state index in [-0.39, 0.29) is 10.6 Å². The maximum atomic E-state index is 12.6. The SMILES string of the molecule is CCc1cc(NC)cc(Cl)c1C(F)(F)F. The van der Waals surface area contributed by atoms with E-state index in [1.54, 1.807) is 14.0 Å². The van der Waals surface area contributed by atoms with E-state index in [1.165, 1.54) is 12.1 Å². The van der Waals surface area contributed by atoms with Crippen molar-refractivity contribution in [1.29, 1.82) is 0 Å². The average Bonchev–Trinajstić information content (AvgIpc) is 2.14. The molecule has 0 saturated carbocycles. The number of hydrogen-bond acceptors (Lipinski definition) is 1. The molecule has 0 amide bonds. The summed E-state index contributed by atoms with van der Waals surface area (Å²) in [6.07, 6.45) is -4.10. The molecule has 0 radical (unpaired) electrons. The number of halogens is 4. The summed E-state index contributed by atoms with van der Waals surface area (Å²) >= 11 is 5.62. The highest BCUT2D eigenvalue weighted by molar-refractivity contribution is 6.31. The van der Waals surface area contributed by atoms with Crippen molar-refractivity contribution in [1.82, 2.24) is 0 Å². The average molecular weight is 238 g/mol. The van der Waals surface area contributed by atoms with Gasteiger partial charge in [-0.1, -0.05) is 18.5 Å². The fourth-order valence-electron chi connectivity index (χ4n) is 1.40. The van der Waals surface area contributed by atoms with Gasteiger partial charge in [0.25, 0.3) is 0 Å². The van der Waals surface area contributed by atoms with Crippen molar-refractivity contribution in [2.75, 3.05) is 12.4 Å². The Morgan fingerprint density at radius 3 is 2.33 bits per heavy atom. The second kappa shape index (κ2) is 4.31. The Hall–Kier alpha value is -0.900. The van der Waals surface area contributed by atoms with Crippen LogP contribution < -0.4 is 5.32 Å². The first kappa shape index (κ1) is 12.2. The van der Waals surface area contributed by atoms with Crippen molar-refractivity contribution >= 4 is 17.3 Å². The van der Waals surface area contributed by atoms with Crippen LogP contribution >= 0.6 is 11.6 Å². The van der Waals surface area contributed by atoms with Crippen LogP contribution in [0.15, 0.2) is 12.1 Å². The number of rotatable bonds is 2. The van der Waals surface area contributed by atoms with E-state index >= 15 is 0 Å². The minimum atomic E-state index is -4.39. The summed E-state index contributed by atoms with van der Waals surface area (Å²) in [5.74, 6) is 0. The summed E-state index contributed by atoms with van der Waals surface area (Å²) in [5.41, 5.74) is 0.0647. The molecule has 1 N–H and O–H groups in total. The third-order valence-corrected chi connectivity index (χ3v) is 2.42. The van der Waals surface area contributed by atoms with Gasteiger partial charge in [0.2, 0.25) is 0 Å². The smallest absolute Gasteiger partial charge is 0.388 e. The van der Waals surface area contributed by atoms with Gasteiger partial charge in [-0.05, 0) is 24.1 Å². The van der Waals surface area contributed by atoms with Crippen molar-refractivity contribution in [3.63, 3.8) is 0 Å². The molecule has 0 aromatic heterocycles. The lowest BCUT2D eigenvalue weighted by Crippen LogP contribution is -2.10. The van der Waals surface area contributed by atoms with E-state index in [9.17, 15) is 13.2 Å². The first-order valence-corrected chi connectivity index (χ1v) is 4.85. The van der Waals surface area contributed by atoms with Crippen LogP contribution in [0.3, 0.4) is 0 Å². The number of anilines is 1. The molecule has 1 nitrogen and oxygen atoms in total. The lowest BCUT2D eigenvalue weighted by molar-refractivity contribution is -0.138. The van der Waals surface area contributed by atoms with Gasteiger partial charge in [0, 0.05) is 12.7 Å². The highest BCUT2D eigenvalue weighted by Crippen LogP contribution is 2.39. The van der Waals surface area contributed by atoms with Gasteiger partial charge in [0.15, 0.2) is 0 Å². The first-order valence-electron chi connectivity index (χ1n) is 4.47. The molecule has 0 heterocycles. The van der Waals surface area contributed by atoms with E-state index < -0.39 is 11.7 Å². The van der Waals surface area contributed by atoms with E-state index in [0.717, 1.165) is 0 Å². The van der Waals surface area contributed by atoms with Gasteiger partial charge in [0.1, 0.15) is 0 Å². The van der Waals surface area contributed by atoms with Crippen LogP contribution in [0.2, 0.25) is 5.02 Å². The third kappa shape index (κ3) is 2.56. The number of nitrogens with one attached hydrogen (secondary N) is 1. The van der Waals surface area contributed by atoms with Crippen LogP contribution in [0.1, 0.15) is 18.1 Å². The molecule has 0 aliphatic carbocycles. The molecule has 0 unspecified atom stereocenters. The minimum absolute atomic E-state index is 0.208. The number of benzene rings is 1. The zero-order chi connectivity index (χ0) is 11.6. The van der Waals surface area contributed by atoms with Gasteiger partial charge in [0.05, 0.1) is 10.6 Å². The highest BCUT2D eigenvalue weighted by Gasteiger charge is 2.35. The predicted octanol–water partition coefficient (Wildman–Crippen LogP) is 3.96. The summed E-state index contributed by atoms with van der Waals surface area (Å²) in [5, 5.41) is 2.51. The molecule has 1 aromatic carbocycles. The molecule has 1 rings (SSSR count). The van der Waals surface area contributed by atoms with Crippen molar-refractivity contribution in [2.45, 2.75) is 19.5 Å². The van der Waals surface area contributed by atoms with Gasteiger partial charge in [-0.3, -0.25) is 0 Å². The van der Waals surface area contributed by atoms with Gasteiger partial charge < -0.3 is 5.32 Å². The van der Waals surface area contributed by atoms with Gasteiger partial charge in [-0.2, -0.15) is 13.2 Å². The van der Waals surface area contributed by atoms with Crippen molar-refractivity contribution in [2.24, 2.45) is 0 Å². The number of alkyl halides is 3. The monoisotopic (exact) mass is 237 g/mol. The molecule has 0 atom stereocenters. The van der Waals surface area contributed by atoms with Crippen molar-refractivity contribution in [3.8, 4) is 0 Å². The largest absolute Gasteiger partial charge is 0.418 e. The summed E-state index contributed by atoms with van der Waals surface area (Å²) < 4.78 is 37.9. The van der Waals surface area contributed by atoms with Crippen LogP contribution in [-0.4, -0.2) is 7.05 Å². The van der Waals surface area contributed by atoms with Crippen LogP contribution in [0.5, 0.6) is 0 Å². The highest BCUT2D eigenvalue weighted by atomic mass is 35.5.